The van der Waals surface area contributed by atoms with Gasteiger partial charge in [0.25, 0.3) is 0 Å². The van der Waals surface area contributed by atoms with Crippen LogP contribution in [0.25, 0.3) is 0 Å². The summed E-state index contributed by atoms with van der Waals surface area (Å²) in [6.45, 7) is 3.67. The fourth-order valence-corrected chi connectivity index (χ4v) is 4.21. The van der Waals surface area contributed by atoms with E-state index in [1.54, 1.807) is 0 Å². The van der Waals surface area contributed by atoms with Crippen LogP contribution in [0.4, 0.5) is 13.2 Å². The summed E-state index contributed by atoms with van der Waals surface area (Å²) in [5, 5.41) is 3.11. The van der Waals surface area contributed by atoms with Crippen molar-refractivity contribution in [3.63, 3.8) is 0 Å². The lowest BCUT2D eigenvalue weighted by molar-refractivity contribution is -0.134. The molecule has 0 bridgehead atoms. The minimum atomic E-state index is -4.29. The Hall–Kier alpha value is -0.340. The third kappa shape index (κ3) is 5.97. The highest BCUT2D eigenvalue weighted by molar-refractivity contribution is 7.89. The molecule has 0 spiro atoms. The first-order valence-electron chi connectivity index (χ1n) is 7.03. The van der Waals surface area contributed by atoms with Gasteiger partial charge in [-0.1, -0.05) is 13.3 Å². The summed E-state index contributed by atoms with van der Waals surface area (Å²) < 4.78 is 62.0. The number of likely N-dealkylation sites (N-methyl/N-ethyl adjacent to an activating group) is 1. The quantitative estimate of drug-likeness (QED) is 0.783. The molecular formula is C12H23F3N2O2S. The molecule has 1 N–H and O–H groups in total. The Bertz CT molecular complexity index is 385. The van der Waals surface area contributed by atoms with E-state index >= 15 is 0 Å². The first-order chi connectivity index (χ1) is 9.26. The third-order valence-corrected chi connectivity index (χ3v) is 5.42. The van der Waals surface area contributed by atoms with Crippen LogP contribution in [0.5, 0.6) is 0 Å². The van der Waals surface area contributed by atoms with E-state index in [-0.39, 0.29) is 12.5 Å². The molecule has 1 rings (SSSR count). The van der Waals surface area contributed by atoms with E-state index in [0.29, 0.717) is 13.1 Å². The monoisotopic (exact) mass is 316 g/mol. The summed E-state index contributed by atoms with van der Waals surface area (Å²) in [5.74, 6) is -0.421. The van der Waals surface area contributed by atoms with E-state index in [4.69, 9.17) is 0 Å². The molecule has 1 unspecified atom stereocenters. The molecule has 0 radical (unpaired) electrons. The molecule has 0 saturated carbocycles. The number of halogens is 3. The van der Waals surface area contributed by atoms with Crippen LogP contribution in [0.3, 0.4) is 0 Å². The zero-order valence-corrected chi connectivity index (χ0v) is 12.6. The molecule has 1 atom stereocenters. The van der Waals surface area contributed by atoms with E-state index in [0.717, 1.165) is 25.8 Å². The number of nitrogens with one attached hydrogen (secondary N) is 1. The molecule has 1 aliphatic heterocycles. The number of nitrogens with zero attached hydrogens (tertiary/aromatic N) is 1. The number of piperidine rings is 1. The lowest BCUT2D eigenvalue weighted by Gasteiger charge is -2.34. The number of hydrogen-bond donors (Lipinski definition) is 1. The maximum atomic E-state index is 12.2. The number of alkyl halides is 3. The van der Waals surface area contributed by atoms with Gasteiger partial charge < -0.3 is 5.32 Å². The lowest BCUT2D eigenvalue weighted by Crippen LogP contribution is -2.49. The summed E-state index contributed by atoms with van der Waals surface area (Å²) in [5.41, 5.74) is 0. The standard InChI is InChI=1S/C12H23F3N2O2S/c1-2-16-10-11-6-3-4-8-17(11)20(18,19)9-5-7-12(13,14)15/h11,16H,2-10H2,1H3. The Morgan fingerprint density at radius 3 is 2.60 bits per heavy atom. The summed E-state index contributed by atoms with van der Waals surface area (Å²) in [7, 11) is -3.59. The molecule has 0 aromatic rings. The van der Waals surface area contributed by atoms with Crippen LogP contribution in [-0.2, 0) is 10.0 Å². The number of rotatable bonds is 7. The molecule has 0 aliphatic carbocycles. The first kappa shape index (κ1) is 17.7. The molecular weight excluding hydrogens is 293 g/mol. The van der Waals surface area contributed by atoms with Gasteiger partial charge in [0, 0.05) is 25.6 Å². The summed E-state index contributed by atoms with van der Waals surface area (Å²) in [4.78, 5) is 0. The van der Waals surface area contributed by atoms with Crippen molar-refractivity contribution in [3.05, 3.63) is 0 Å². The fourth-order valence-electron chi connectivity index (χ4n) is 2.43. The van der Waals surface area contributed by atoms with Crippen molar-refractivity contribution in [2.75, 3.05) is 25.4 Å². The van der Waals surface area contributed by atoms with Crippen LogP contribution >= 0.6 is 0 Å². The van der Waals surface area contributed by atoms with Gasteiger partial charge in [-0.05, 0) is 25.8 Å². The van der Waals surface area contributed by atoms with Crippen LogP contribution in [0.2, 0.25) is 0 Å². The van der Waals surface area contributed by atoms with Crippen LogP contribution < -0.4 is 5.32 Å². The molecule has 1 heterocycles. The molecule has 0 aromatic carbocycles. The fraction of sp³-hybridized carbons (Fsp3) is 1.00. The van der Waals surface area contributed by atoms with E-state index < -0.39 is 28.4 Å². The second kappa shape index (κ2) is 7.61. The Balaban J connectivity index is 2.58. The van der Waals surface area contributed by atoms with Gasteiger partial charge in [-0.25, -0.2) is 8.42 Å². The van der Waals surface area contributed by atoms with Crippen molar-refractivity contribution in [2.45, 2.75) is 51.2 Å². The summed E-state index contributed by atoms with van der Waals surface area (Å²) in [6, 6.07) is -0.125. The predicted octanol–water partition coefficient (Wildman–Crippen LogP) is 2.12. The zero-order valence-electron chi connectivity index (χ0n) is 11.7. The highest BCUT2D eigenvalue weighted by Crippen LogP contribution is 2.24. The molecule has 120 valence electrons. The SMILES string of the molecule is CCNCC1CCCCN1S(=O)(=O)CCCC(F)(F)F. The Morgan fingerprint density at radius 2 is 2.00 bits per heavy atom. The van der Waals surface area contributed by atoms with Crippen molar-refractivity contribution < 1.29 is 21.6 Å². The van der Waals surface area contributed by atoms with Crippen LogP contribution in [0, 0.1) is 0 Å². The lowest BCUT2D eigenvalue weighted by atomic mass is 10.1. The maximum Gasteiger partial charge on any atom is 0.389 e. The van der Waals surface area contributed by atoms with Gasteiger partial charge >= 0.3 is 6.18 Å². The predicted molar refractivity (Wildman–Crippen MR) is 72.0 cm³/mol. The molecule has 1 saturated heterocycles. The third-order valence-electron chi connectivity index (χ3n) is 3.42. The smallest absolute Gasteiger partial charge is 0.315 e. The average molecular weight is 316 g/mol. The molecule has 4 nitrogen and oxygen atoms in total. The minimum Gasteiger partial charge on any atom is -0.315 e. The maximum absolute atomic E-state index is 12.2. The molecule has 0 amide bonds. The van der Waals surface area contributed by atoms with E-state index in [1.807, 2.05) is 6.92 Å². The van der Waals surface area contributed by atoms with Crippen LogP contribution in [0.1, 0.15) is 39.0 Å². The first-order valence-corrected chi connectivity index (χ1v) is 8.64. The Morgan fingerprint density at radius 1 is 1.30 bits per heavy atom. The van der Waals surface area contributed by atoms with Gasteiger partial charge in [0.15, 0.2) is 0 Å². The zero-order chi connectivity index (χ0) is 15.2. The highest BCUT2D eigenvalue weighted by atomic mass is 32.2. The van der Waals surface area contributed by atoms with Crippen molar-refractivity contribution in [1.82, 2.24) is 9.62 Å². The Kier molecular flexibility index (Phi) is 6.74. The second-order valence-corrected chi connectivity index (χ2v) is 7.14. The second-order valence-electron chi connectivity index (χ2n) is 5.10. The van der Waals surface area contributed by atoms with Gasteiger partial charge in [0.05, 0.1) is 5.75 Å². The Labute approximate surface area is 118 Å². The van der Waals surface area contributed by atoms with Crippen LogP contribution in [-0.4, -0.2) is 50.3 Å². The van der Waals surface area contributed by atoms with Crippen molar-refractivity contribution in [3.8, 4) is 0 Å². The average Bonchev–Trinajstić information content (AvgIpc) is 2.34. The van der Waals surface area contributed by atoms with Gasteiger partial charge in [-0.2, -0.15) is 17.5 Å². The normalized spacial score (nSPS) is 22.1. The summed E-state index contributed by atoms with van der Waals surface area (Å²) in [6.07, 6.45) is -3.19. The topological polar surface area (TPSA) is 49.4 Å². The van der Waals surface area contributed by atoms with Crippen molar-refractivity contribution >= 4 is 10.0 Å². The van der Waals surface area contributed by atoms with E-state index in [1.165, 1.54) is 4.31 Å². The number of sulfonamides is 1. The van der Waals surface area contributed by atoms with Crippen molar-refractivity contribution in [1.29, 1.82) is 0 Å². The van der Waals surface area contributed by atoms with Gasteiger partial charge in [-0.3, -0.25) is 0 Å². The van der Waals surface area contributed by atoms with Crippen LogP contribution in [0.15, 0.2) is 0 Å². The molecule has 0 aromatic heterocycles. The molecule has 20 heavy (non-hydrogen) atoms. The van der Waals surface area contributed by atoms with E-state index in [9.17, 15) is 21.6 Å². The van der Waals surface area contributed by atoms with Gasteiger partial charge in [0.1, 0.15) is 0 Å². The van der Waals surface area contributed by atoms with Gasteiger partial charge in [0.2, 0.25) is 10.0 Å². The summed E-state index contributed by atoms with van der Waals surface area (Å²) >= 11 is 0. The van der Waals surface area contributed by atoms with E-state index in [2.05, 4.69) is 5.32 Å². The van der Waals surface area contributed by atoms with Gasteiger partial charge in [-0.15, -0.1) is 0 Å². The number of hydrogen-bond acceptors (Lipinski definition) is 3. The molecule has 1 aliphatic rings. The highest BCUT2D eigenvalue weighted by Gasteiger charge is 2.33. The minimum absolute atomic E-state index is 0.125. The molecule has 1 fully saturated rings. The largest absolute Gasteiger partial charge is 0.389 e. The van der Waals surface area contributed by atoms with Crippen molar-refractivity contribution in [2.24, 2.45) is 0 Å². The molecule has 8 heteroatoms.